The third kappa shape index (κ3) is 19.2. The summed E-state index contributed by atoms with van der Waals surface area (Å²) in [6, 6.07) is 0. The summed E-state index contributed by atoms with van der Waals surface area (Å²) in [4.78, 5) is 23.1. The molecule has 0 aromatic carbocycles. The first kappa shape index (κ1) is 24.1. The van der Waals surface area contributed by atoms with E-state index in [4.69, 9.17) is 4.74 Å². The van der Waals surface area contributed by atoms with E-state index in [9.17, 15) is 9.59 Å². The van der Waals surface area contributed by atoms with E-state index < -0.39 is 11.9 Å². The highest BCUT2D eigenvalue weighted by Crippen LogP contribution is 2.04. The summed E-state index contributed by atoms with van der Waals surface area (Å²) >= 11 is 0. The van der Waals surface area contributed by atoms with Gasteiger partial charge < -0.3 is 15.4 Å². The van der Waals surface area contributed by atoms with Gasteiger partial charge >= 0.3 is 11.9 Å². The quantitative estimate of drug-likeness (QED) is 0.221. The fourth-order valence-corrected chi connectivity index (χ4v) is 2.64. The van der Waals surface area contributed by atoms with Gasteiger partial charge in [-0.15, -0.1) is 0 Å². The van der Waals surface area contributed by atoms with Gasteiger partial charge in [0.1, 0.15) is 0 Å². The monoisotopic (exact) mass is 356 g/mol. The Morgan fingerprint density at radius 1 is 0.600 bits per heavy atom. The average molecular weight is 357 g/mol. The van der Waals surface area contributed by atoms with Crippen molar-refractivity contribution in [3.63, 3.8) is 0 Å². The molecule has 0 aliphatic heterocycles. The van der Waals surface area contributed by atoms with Crippen molar-refractivity contribution in [2.45, 2.75) is 90.9 Å². The molecule has 0 heterocycles. The van der Waals surface area contributed by atoms with Gasteiger partial charge in [0.15, 0.2) is 0 Å². The number of rotatable bonds is 18. The van der Waals surface area contributed by atoms with Crippen molar-refractivity contribution in [3.8, 4) is 0 Å². The average Bonchev–Trinajstić information content (AvgIpc) is 2.59. The Hall–Kier alpha value is -0.940. The third-order valence-corrected chi connectivity index (χ3v) is 4.18. The van der Waals surface area contributed by atoms with Gasteiger partial charge in [0.25, 0.3) is 0 Å². The van der Waals surface area contributed by atoms with Crippen LogP contribution in [0.4, 0.5) is 0 Å². The van der Waals surface area contributed by atoms with Crippen molar-refractivity contribution >= 4 is 11.9 Å². The first-order chi connectivity index (χ1) is 12.2. The molecular formula is C20H40N2O3. The Morgan fingerprint density at radius 3 is 1.36 bits per heavy atom. The molecule has 0 spiro atoms. The van der Waals surface area contributed by atoms with Gasteiger partial charge in [0, 0.05) is 0 Å². The lowest BCUT2D eigenvalue weighted by Crippen LogP contribution is -2.31. The Labute approximate surface area is 154 Å². The van der Waals surface area contributed by atoms with Crippen molar-refractivity contribution in [1.29, 1.82) is 0 Å². The summed E-state index contributed by atoms with van der Waals surface area (Å²) in [6.45, 7) is 6.23. The normalized spacial score (nSPS) is 10.8. The maximum atomic E-state index is 11.5. The van der Waals surface area contributed by atoms with E-state index in [1.54, 1.807) is 0 Å². The summed E-state index contributed by atoms with van der Waals surface area (Å²) in [5.41, 5.74) is 0. The van der Waals surface area contributed by atoms with Crippen LogP contribution in [-0.4, -0.2) is 38.1 Å². The molecule has 0 aromatic rings. The van der Waals surface area contributed by atoms with Gasteiger partial charge in [0.05, 0.1) is 13.1 Å². The van der Waals surface area contributed by atoms with Crippen molar-refractivity contribution in [2.75, 3.05) is 26.2 Å². The van der Waals surface area contributed by atoms with Gasteiger partial charge in [-0.05, 0) is 25.9 Å². The van der Waals surface area contributed by atoms with Gasteiger partial charge in [-0.3, -0.25) is 9.59 Å². The van der Waals surface area contributed by atoms with Crippen LogP contribution in [-0.2, 0) is 14.3 Å². The van der Waals surface area contributed by atoms with E-state index in [1.165, 1.54) is 64.2 Å². The topological polar surface area (TPSA) is 67.4 Å². The molecule has 0 aromatic heterocycles. The molecule has 0 rings (SSSR count). The second-order valence-corrected chi connectivity index (χ2v) is 6.74. The van der Waals surface area contributed by atoms with Crippen LogP contribution >= 0.6 is 0 Å². The number of nitrogens with one attached hydrogen (secondary N) is 2. The summed E-state index contributed by atoms with van der Waals surface area (Å²) in [5.74, 6) is -0.977. The summed E-state index contributed by atoms with van der Waals surface area (Å²) in [5, 5.41) is 6.07. The molecule has 0 aliphatic rings. The van der Waals surface area contributed by atoms with Crippen molar-refractivity contribution < 1.29 is 14.3 Å². The minimum atomic E-state index is -0.489. The highest BCUT2D eigenvalue weighted by atomic mass is 16.6. The highest BCUT2D eigenvalue weighted by Gasteiger charge is 2.09. The summed E-state index contributed by atoms with van der Waals surface area (Å²) < 4.78 is 4.77. The number of ether oxygens (including phenoxy) is 1. The number of esters is 2. The lowest BCUT2D eigenvalue weighted by molar-refractivity contribution is -0.158. The summed E-state index contributed by atoms with van der Waals surface area (Å²) in [6.07, 6.45) is 14.7. The molecule has 5 nitrogen and oxygen atoms in total. The molecule has 0 amide bonds. The largest absolute Gasteiger partial charge is 0.391 e. The maximum absolute atomic E-state index is 11.5. The molecule has 5 heteroatoms. The molecular weight excluding hydrogens is 316 g/mol. The zero-order chi connectivity index (χ0) is 18.6. The zero-order valence-corrected chi connectivity index (χ0v) is 16.5. The molecule has 0 saturated carbocycles. The SMILES string of the molecule is CCCCCCCCNCC(=O)OC(=O)CNCCCCCCCC. The lowest BCUT2D eigenvalue weighted by atomic mass is 10.1. The predicted molar refractivity (Wildman–Crippen MR) is 104 cm³/mol. The van der Waals surface area contributed by atoms with Crippen LogP contribution in [0.1, 0.15) is 90.9 Å². The van der Waals surface area contributed by atoms with Crippen LogP contribution in [0.3, 0.4) is 0 Å². The first-order valence-electron chi connectivity index (χ1n) is 10.4. The molecule has 25 heavy (non-hydrogen) atoms. The minimum Gasteiger partial charge on any atom is -0.391 e. The van der Waals surface area contributed by atoms with E-state index in [1.807, 2.05) is 0 Å². The number of carbonyl (C=O) groups is 2. The Kier molecular flexibility index (Phi) is 18.7. The molecule has 0 aliphatic carbocycles. The maximum Gasteiger partial charge on any atom is 0.327 e. The van der Waals surface area contributed by atoms with E-state index in [0.717, 1.165) is 25.9 Å². The molecule has 0 atom stereocenters. The molecule has 0 saturated heterocycles. The third-order valence-electron chi connectivity index (χ3n) is 4.18. The van der Waals surface area contributed by atoms with Crippen LogP contribution in [0.25, 0.3) is 0 Å². The molecule has 0 unspecified atom stereocenters. The molecule has 0 fully saturated rings. The second-order valence-electron chi connectivity index (χ2n) is 6.74. The second kappa shape index (κ2) is 19.4. The molecule has 0 bridgehead atoms. The van der Waals surface area contributed by atoms with Crippen LogP contribution in [0.2, 0.25) is 0 Å². The highest BCUT2D eigenvalue weighted by molar-refractivity contribution is 5.87. The van der Waals surface area contributed by atoms with Gasteiger partial charge in [-0.25, -0.2) is 0 Å². The number of carbonyl (C=O) groups excluding carboxylic acids is 2. The van der Waals surface area contributed by atoms with Crippen molar-refractivity contribution in [1.82, 2.24) is 10.6 Å². The van der Waals surface area contributed by atoms with Crippen molar-refractivity contribution in [2.24, 2.45) is 0 Å². The predicted octanol–water partition coefficient (Wildman–Crippen LogP) is 3.96. The number of hydrogen-bond donors (Lipinski definition) is 2. The number of hydrogen-bond acceptors (Lipinski definition) is 5. The van der Waals surface area contributed by atoms with E-state index >= 15 is 0 Å². The Morgan fingerprint density at radius 2 is 0.960 bits per heavy atom. The fraction of sp³-hybridized carbons (Fsp3) is 0.900. The Bertz CT molecular complexity index is 292. The van der Waals surface area contributed by atoms with Crippen LogP contribution in [0, 0.1) is 0 Å². The lowest BCUT2D eigenvalue weighted by Gasteiger charge is -2.06. The van der Waals surface area contributed by atoms with Crippen molar-refractivity contribution in [3.05, 3.63) is 0 Å². The Balaban J connectivity index is 3.34. The van der Waals surface area contributed by atoms with Crippen LogP contribution < -0.4 is 10.6 Å². The van der Waals surface area contributed by atoms with Gasteiger partial charge in [-0.2, -0.15) is 0 Å². The van der Waals surface area contributed by atoms with E-state index in [2.05, 4.69) is 24.5 Å². The van der Waals surface area contributed by atoms with Crippen LogP contribution in [0.5, 0.6) is 0 Å². The summed E-state index contributed by atoms with van der Waals surface area (Å²) in [7, 11) is 0. The first-order valence-corrected chi connectivity index (χ1v) is 10.4. The van der Waals surface area contributed by atoms with Crippen LogP contribution in [0.15, 0.2) is 0 Å². The van der Waals surface area contributed by atoms with E-state index in [0.29, 0.717) is 0 Å². The molecule has 2 N–H and O–H groups in total. The van der Waals surface area contributed by atoms with E-state index in [-0.39, 0.29) is 13.1 Å². The number of unbranched alkanes of at least 4 members (excludes halogenated alkanes) is 10. The van der Waals surface area contributed by atoms with Gasteiger partial charge in [0.2, 0.25) is 0 Å². The zero-order valence-electron chi connectivity index (χ0n) is 16.5. The van der Waals surface area contributed by atoms with Gasteiger partial charge in [-0.1, -0.05) is 78.1 Å². The fourth-order valence-electron chi connectivity index (χ4n) is 2.64. The smallest absolute Gasteiger partial charge is 0.327 e. The molecule has 148 valence electrons. The molecule has 0 radical (unpaired) electrons. The standard InChI is InChI=1S/C20H40N2O3/c1-3-5-7-9-11-13-15-21-17-19(23)25-20(24)18-22-16-14-12-10-8-6-4-2/h21-22H,3-18H2,1-2H3. The minimum absolute atomic E-state index is 0.109.